The SMILES string of the molecule is O=C(N[C@@H](Cc1ccc(Cl)cc1)C(=O)Oc1ccc2c3c(c(=O)oc2c1)CCCC3)OCc1ccccc1. The zero-order valence-electron chi connectivity index (χ0n) is 20.6. The number of esters is 1. The highest BCUT2D eigenvalue weighted by Crippen LogP contribution is 2.29. The molecule has 194 valence electrons. The van der Waals surface area contributed by atoms with E-state index < -0.39 is 18.1 Å². The van der Waals surface area contributed by atoms with Crippen LogP contribution >= 0.6 is 11.6 Å². The summed E-state index contributed by atoms with van der Waals surface area (Å²) in [6.07, 6.45) is 2.92. The Morgan fingerprint density at radius 2 is 1.66 bits per heavy atom. The number of fused-ring (bicyclic) bond motifs is 3. The second kappa shape index (κ2) is 11.5. The van der Waals surface area contributed by atoms with Crippen LogP contribution in [0.4, 0.5) is 4.79 Å². The van der Waals surface area contributed by atoms with Crippen LogP contribution in [0.15, 0.2) is 82.0 Å². The van der Waals surface area contributed by atoms with Gasteiger partial charge >= 0.3 is 17.7 Å². The minimum absolute atomic E-state index is 0.0589. The van der Waals surface area contributed by atoms with Gasteiger partial charge in [-0.1, -0.05) is 54.1 Å². The van der Waals surface area contributed by atoms with Crippen LogP contribution in [0.1, 0.15) is 35.1 Å². The first-order valence-electron chi connectivity index (χ1n) is 12.5. The van der Waals surface area contributed by atoms with Crippen LogP contribution < -0.4 is 15.7 Å². The summed E-state index contributed by atoms with van der Waals surface area (Å²) in [5, 5.41) is 4.02. The molecule has 0 saturated carbocycles. The molecule has 4 aromatic rings. The molecule has 1 aromatic heterocycles. The molecule has 0 radical (unpaired) electrons. The van der Waals surface area contributed by atoms with Gasteiger partial charge in [-0.2, -0.15) is 0 Å². The van der Waals surface area contributed by atoms with Crippen molar-refractivity contribution >= 4 is 34.6 Å². The summed E-state index contributed by atoms with van der Waals surface area (Å²) < 4.78 is 16.5. The summed E-state index contributed by atoms with van der Waals surface area (Å²) in [5.74, 6) is -0.474. The maximum atomic E-state index is 13.2. The van der Waals surface area contributed by atoms with E-state index >= 15 is 0 Å². The third kappa shape index (κ3) is 6.06. The molecule has 7 nitrogen and oxygen atoms in total. The van der Waals surface area contributed by atoms with Crippen LogP contribution in [-0.4, -0.2) is 18.1 Å². The number of alkyl carbamates (subject to hydrolysis) is 1. The van der Waals surface area contributed by atoms with Crippen molar-refractivity contribution in [3.8, 4) is 5.75 Å². The van der Waals surface area contributed by atoms with Gasteiger partial charge in [-0.3, -0.25) is 0 Å². The van der Waals surface area contributed by atoms with Crippen molar-refractivity contribution in [2.75, 3.05) is 0 Å². The fourth-order valence-electron chi connectivity index (χ4n) is 4.63. The van der Waals surface area contributed by atoms with Crippen LogP contribution in [-0.2, 0) is 35.4 Å². The number of hydrogen-bond acceptors (Lipinski definition) is 6. The number of carbonyl (C=O) groups is 2. The van der Waals surface area contributed by atoms with Crippen LogP contribution in [0.3, 0.4) is 0 Å². The molecule has 38 heavy (non-hydrogen) atoms. The van der Waals surface area contributed by atoms with Crippen molar-refractivity contribution in [3.05, 3.63) is 110 Å². The Bertz CT molecular complexity index is 1510. The lowest BCUT2D eigenvalue weighted by Gasteiger charge is -2.19. The Hall–Kier alpha value is -4.10. The molecule has 8 heteroatoms. The minimum Gasteiger partial charge on any atom is -0.445 e. The molecule has 0 bridgehead atoms. The number of nitrogens with one attached hydrogen (secondary N) is 1. The van der Waals surface area contributed by atoms with Crippen molar-refractivity contribution in [2.45, 2.75) is 44.8 Å². The molecule has 1 aliphatic carbocycles. The van der Waals surface area contributed by atoms with Gasteiger partial charge < -0.3 is 19.2 Å². The van der Waals surface area contributed by atoms with E-state index in [1.165, 1.54) is 6.07 Å². The van der Waals surface area contributed by atoms with Crippen molar-refractivity contribution < 1.29 is 23.5 Å². The third-order valence-electron chi connectivity index (χ3n) is 6.56. The van der Waals surface area contributed by atoms with Gasteiger partial charge in [-0.25, -0.2) is 14.4 Å². The Labute approximate surface area is 224 Å². The minimum atomic E-state index is -1.04. The molecule has 0 fully saturated rings. The second-order valence-electron chi connectivity index (χ2n) is 9.22. The van der Waals surface area contributed by atoms with Gasteiger partial charge in [-0.05, 0) is 66.6 Å². The quantitative estimate of drug-likeness (QED) is 0.185. The zero-order chi connectivity index (χ0) is 26.5. The van der Waals surface area contributed by atoms with Crippen molar-refractivity contribution in [2.24, 2.45) is 0 Å². The number of aryl methyl sites for hydroxylation is 1. The average Bonchev–Trinajstić information content (AvgIpc) is 2.93. The number of amides is 1. The molecule has 5 rings (SSSR count). The Balaban J connectivity index is 1.34. The molecule has 0 spiro atoms. The lowest BCUT2D eigenvalue weighted by atomic mass is 9.91. The lowest BCUT2D eigenvalue weighted by molar-refractivity contribution is -0.136. The fraction of sp³-hybridized carbons (Fsp3) is 0.233. The number of hydrogen-bond donors (Lipinski definition) is 1. The molecule has 0 aliphatic heterocycles. The van der Waals surface area contributed by atoms with Gasteiger partial charge in [0.15, 0.2) is 0 Å². The van der Waals surface area contributed by atoms with E-state index in [0.717, 1.165) is 46.9 Å². The number of halogens is 1. The van der Waals surface area contributed by atoms with Gasteiger partial charge in [-0.15, -0.1) is 0 Å². The van der Waals surface area contributed by atoms with Gasteiger partial charge in [0.2, 0.25) is 0 Å². The summed E-state index contributed by atoms with van der Waals surface area (Å²) in [6.45, 7) is 0.0589. The molecule has 0 saturated heterocycles. The maximum Gasteiger partial charge on any atom is 0.408 e. The average molecular weight is 532 g/mol. The molecular weight excluding hydrogens is 506 g/mol. The first kappa shape index (κ1) is 25.5. The smallest absolute Gasteiger partial charge is 0.408 e. The molecule has 3 aromatic carbocycles. The Morgan fingerprint density at radius 1 is 0.921 bits per heavy atom. The molecule has 1 amide bonds. The molecular formula is C30H26ClNO6. The van der Waals surface area contributed by atoms with Crippen LogP contribution in [0.5, 0.6) is 5.75 Å². The highest BCUT2D eigenvalue weighted by molar-refractivity contribution is 6.30. The van der Waals surface area contributed by atoms with Crippen molar-refractivity contribution in [1.29, 1.82) is 0 Å². The summed E-state index contributed by atoms with van der Waals surface area (Å²) in [5.41, 5.74) is 3.35. The van der Waals surface area contributed by atoms with Crippen molar-refractivity contribution in [3.63, 3.8) is 0 Å². The monoisotopic (exact) mass is 531 g/mol. The van der Waals surface area contributed by atoms with E-state index in [1.54, 1.807) is 36.4 Å². The second-order valence-corrected chi connectivity index (χ2v) is 9.66. The number of ether oxygens (including phenoxy) is 2. The molecule has 0 unspecified atom stereocenters. The number of benzene rings is 3. The van der Waals surface area contributed by atoms with Gasteiger partial charge in [0.05, 0.1) is 0 Å². The first-order chi connectivity index (χ1) is 18.5. The Kier molecular flexibility index (Phi) is 7.75. The number of rotatable bonds is 7. The number of carbonyl (C=O) groups excluding carboxylic acids is 2. The molecule has 1 aliphatic rings. The van der Waals surface area contributed by atoms with Gasteiger partial charge in [0.1, 0.15) is 24.0 Å². The summed E-state index contributed by atoms with van der Waals surface area (Å²) >= 11 is 5.99. The van der Waals surface area contributed by atoms with E-state index in [2.05, 4.69) is 5.32 Å². The van der Waals surface area contributed by atoms with E-state index in [1.807, 2.05) is 30.3 Å². The topological polar surface area (TPSA) is 94.8 Å². The van der Waals surface area contributed by atoms with Crippen molar-refractivity contribution in [1.82, 2.24) is 5.32 Å². The molecule has 1 atom stereocenters. The van der Waals surface area contributed by atoms with E-state index in [9.17, 15) is 14.4 Å². The standard InChI is InChI=1S/C30H26ClNO6/c31-21-12-10-19(11-13-21)16-26(32-30(35)36-18-20-6-2-1-3-7-20)29(34)37-22-14-15-24-23-8-4-5-9-25(23)28(33)38-27(24)17-22/h1-3,6-7,10-15,17,26H,4-5,8-9,16,18H2,(H,32,35)/t26-/m0/s1. The zero-order valence-corrected chi connectivity index (χ0v) is 21.3. The van der Waals surface area contributed by atoms with Crippen LogP contribution in [0.25, 0.3) is 11.0 Å². The van der Waals surface area contributed by atoms with Gasteiger partial charge in [0, 0.05) is 28.5 Å². The van der Waals surface area contributed by atoms with Crippen LogP contribution in [0, 0.1) is 0 Å². The fourth-order valence-corrected chi connectivity index (χ4v) is 4.76. The maximum absolute atomic E-state index is 13.2. The summed E-state index contributed by atoms with van der Waals surface area (Å²) in [6, 6.07) is 20.2. The van der Waals surface area contributed by atoms with E-state index in [-0.39, 0.29) is 24.4 Å². The highest BCUT2D eigenvalue weighted by atomic mass is 35.5. The predicted octanol–water partition coefficient (Wildman–Crippen LogP) is 5.77. The van der Waals surface area contributed by atoms with E-state index in [0.29, 0.717) is 17.0 Å². The summed E-state index contributed by atoms with van der Waals surface area (Å²) in [4.78, 5) is 38.3. The van der Waals surface area contributed by atoms with Gasteiger partial charge in [0.25, 0.3) is 0 Å². The molecule has 1 heterocycles. The van der Waals surface area contributed by atoms with Crippen LogP contribution in [0.2, 0.25) is 5.02 Å². The van der Waals surface area contributed by atoms with E-state index in [4.69, 9.17) is 25.5 Å². The highest BCUT2D eigenvalue weighted by Gasteiger charge is 2.25. The first-order valence-corrected chi connectivity index (χ1v) is 12.9. The lowest BCUT2D eigenvalue weighted by Crippen LogP contribution is -2.44. The predicted molar refractivity (Wildman–Crippen MR) is 143 cm³/mol. The summed E-state index contributed by atoms with van der Waals surface area (Å²) in [7, 11) is 0. The largest absolute Gasteiger partial charge is 0.445 e. The Morgan fingerprint density at radius 3 is 2.42 bits per heavy atom. The normalized spacial score (nSPS) is 13.4. The third-order valence-corrected chi connectivity index (χ3v) is 6.81. The molecule has 1 N–H and O–H groups in total.